The molecule has 94 valence electrons. The van der Waals surface area contributed by atoms with Crippen LogP contribution in [-0.4, -0.2) is 9.97 Å². The van der Waals surface area contributed by atoms with Gasteiger partial charge in [0, 0.05) is 5.56 Å². The molecule has 18 heavy (non-hydrogen) atoms. The summed E-state index contributed by atoms with van der Waals surface area (Å²) >= 11 is 3.21. The molecule has 5 heteroatoms. The predicted molar refractivity (Wildman–Crippen MR) is 72.1 cm³/mol. The van der Waals surface area contributed by atoms with Gasteiger partial charge in [0.05, 0.1) is 5.69 Å². The lowest BCUT2D eigenvalue weighted by Crippen LogP contribution is -2.13. The predicted octanol–water partition coefficient (Wildman–Crippen LogP) is 3.21. The van der Waals surface area contributed by atoms with Gasteiger partial charge < -0.3 is 4.98 Å². The lowest BCUT2D eigenvalue weighted by atomic mass is 10.1. The number of nitrogens with zero attached hydrogens (tertiary/aromatic N) is 1. The minimum Gasteiger partial charge on any atom is -0.306 e. The Labute approximate surface area is 112 Å². The van der Waals surface area contributed by atoms with E-state index in [1.165, 1.54) is 12.1 Å². The van der Waals surface area contributed by atoms with Crippen molar-refractivity contribution < 1.29 is 4.39 Å². The molecule has 1 aromatic heterocycles. The largest absolute Gasteiger partial charge is 0.306 e. The Morgan fingerprint density at radius 2 is 2.17 bits per heavy atom. The van der Waals surface area contributed by atoms with Crippen LogP contribution in [0.25, 0.3) is 11.4 Å². The Kier molecular flexibility index (Phi) is 3.61. The molecule has 2 rings (SSSR count). The highest BCUT2D eigenvalue weighted by Crippen LogP contribution is 2.21. The quantitative estimate of drug-likeness (QED) is 0.925. The lowest BCUT2D eigenvalue weighted by molar-refractivity contribution is 0.627. The van der Waals surface area contributed by atoms with E-state index < -0.39 is 0 Å². The first-order valence-electron chi connectivity index (χ1n) is 5.58. The Morgan fingerprint density at radius 3 is 2.78 bits per heavy atom. The first kappa shape index (κ1) is 13.0. The molecule has 0 radical (unpaired) electrons. The number of nitrogens with one attached hydrogen (secondary N) is 1. The van der Waals surface area contributed by atoms with Crippen LogP contribution in [0, 0.1) is 12.7 Å². The van der Waals surface area contributed by atoms with Crippen LogP contribution in [0.5, 0.6) is 0 Å². The molecule has 1 aromatic carbocycles. The summed E-state index contributed by atoms with van der Waals surface area (Å²) in [6, 6.07) is 4.40. The van der Waals surface area contributed by atoms with E-state index >= 15 is 0 Å². The van der Waals surface area contributed by atoms with Gasteiger partial charge in [-0.1, -0.05) is 6.92 Å². The van der Waals surface area contributed by atoms with Gasteiger partial charge in [0.25, 0.3) is 5.56 Å². The number of hydrogen-bond acceptors (Lipinski definition) is 2. The summed E-state index contributed by atoms with van der Waals surface area (Å²) in [5.41, 5.74) is 1.94. The highest BCUT2D eigenvalue weighted by atomic mass is 79.9. The molecule has 2 aromatic rings. The van der Waals surface area contributed by atoms with E-state index in [0.29, 0.717) is 22.4 Å². The number of aromatic amines is 1. The molecule has 0 aliphatic rings. The molecule has 0 aliphatic carbocycles. The van der Waals surface area contributed by atoms with Crippen LogP contribution in [0.4, 0.5) is 4.39 Å². The fourth-order valence-electron chi connectivity index (χ4n) is 1.76. The van der Waals surface area contributed by atoms with Crippen molar-refractivity contribution in [3.63, 3.8) is 0 Å². The number of aryl methyl sites for hydroxylation is 2. The molecular formula is C13H12BrFN2O. The zero-order valence-corrected chi connectivity index (χ0v) is 11.6. The molecular weight excluding hydrogens is 299 g/mol. The highest BCUT2D eigenvalue weighted by molar-refractivity contribution is 9.10. The van der Waals surface area contributed by atoms with Crippen molar-refractivity contribution in [2.75, 3.05) is 0 Å². The van der Waals surface area contributed by atoms with Crippen LogP contribution in [0.15, 0.2) is 27.5 Å². The van der Waals surface area contributed by atoms with Crippen LogP contribution in [0.1, 0.15) is 18.2 Å². The van der Waals surface area contributed by atoms with Crippen LogP contribution < -0.4 is 5.56 Å². The lowest BCUT2D eigenvalue weighted by Gasteiger charge is -2.07. The summed E-state index contributed by atoms with van der Waals surface area (Å²) in [6.45, 7) is 3.71. The summed E-state index contributed by atoms with van der Waals surface area (Å²) in [4.78, 5) is 18.8. The fourth-order valence-corrected chi connectivity index (χ4v) is 2.23. The second-order valence-electron chi connectivity index (χ2n) is 3.99. The van der Waals surface area contributed by atoms with Crippen molar-refractivity contribution in [1.29, 1.82) is 0 Å². The van der Waals surface area contributed by atoms with E-state index in [0.717, 1.165) is 11.1 Å². The van der Waals surface area contributed by atoms with Crippen LogP contribution in [-0.2, 0) is 6.42 Å². The van der Waals surface area contributed by atoms with Crippen molar-refractivity contribution in [2.45, 2.75) is 20.3 Å². The van der Waals surface area contributed by atoms with Gasteiger partial charge in [-0.15, -0.1) is 0 Å². The first-order valence-corrected chi connectivity index (χ1v) is 6.37. The summed E-state index contributed by atoms with van der Waals surface area (Å²) in [7, 11) is 0. The highest BCUT2D eigenvalue weighted by Gasteiger charge is 2.10. The Balaban J connectivity index is 2.64. The number of benzene rings is 1. The molecule has 0 bridgehead atoms. The maximum absolute atomic E-state index is 13.1. The normalized spacial score (nSPS) is 10.7. The summed E-state index contributed by atoms with van der Waals surface area (Å²) in [5.74, 6) is 0.170. The van der Waals surface area contributed by atoms with Gasteiger partial charge in [-0.25, -0.2) is 9.37 Å². The minimum absolute atomic E-state index is 0.222. The van der Waals surface area contributed by atoms with Gasteiger partial charge in [0.1, 0.15) is 16.1 Å². The molecule has 0 amide bonds. The first-order chi connectivity index (χ1) is 8.52. The van der Waals surface area contributed by atoms with Gasteiger partial charge in [-0.05, 0) is 53.0 Å². The molecule has 0 spiro atoms. The van der Waals surface area contributed by atoms with E-state index in [-0.39, 0.29) is 11.4 Å². The average Bonchev–Trinajstić information content (AvgIpc) is 2.32. The Morgan fingerprint density at radius 1 is 1.44 bits per heavy atom. The fraction of sp³-hybridized carbons (Fsp3) is 0.231. The minimum atomic E-state index is -0.300. The number of halogens is 2. The van der Waals surface area contributed by atoms with Crippen molar-refractivity contribution >= 4 is 15.9 Å². The maximum atomic E-state index is 13.1. The Bertz CT molecular complexity index is 652. The zero-order valence-electron chi connectivity index (χ0n) is 10.1. The monoisotopic (exact) mass is 310 g/mol. The molecule has 0 saturated carbocycles. The second kappa shape index (κ2) is 5.02. The molecule has 0 atom stereocenters. The molecule has 1 heterocycles. The van der Waals surface area contributed by atoms with E-state index in [4.69, 9.17) is 0 Å². The number of rotatable bonds is 2. The molecule has 1 N–H and O–H groups in total. The molecule has 0 fully saturated rings. The van der Waals surface area contributed by atoms with E-state index in [9.17, 15) is 9.18 Å². The molecule has 0 aliphatic heterocycles. The van der Waals surface area contributed by atoms with Gasteiger partial charge >= 0.3 is 0 Å². The molecule has 0 unspecified atom stereocenters. The van der Waals surface area contributed by atoms with Crippen LogP contribution >= 0.6 is 15.9 Å². The van der Waals surface area contributed by atoms with E-state index in [2.05, 4.69) is 25.9 Å². The third kappa shape index (κ3) is 2.36. The second-order valence-corrected chi connectivity index (χ2v) is 4.78. The van der Waals surface area contributed by atoms with Crippen molar-refractivity contribution in [1.82, 2.24) is 9.97 Å². The third-order valence-corrected chi connectivity index (χ3v) is 3.53. The summed E-state index contributed by atoms with van der Waals surface area (Å²) < 4.78 is 13.5. The van der Waals surface area contributed by atoms with E-state index in [1.807, 2.05) is 6.92 Å². The maximum Gasteiger partial charge on any atom is 0.265 e. The van der Waals surface area contributed by atoms with Crippen molar-refractivity contribution in [2.24, 2.45) is 0 Å². The standard InChI is InChI=1S/C13H12BrFN2O/c1-3-10-11(14)13(18)17-12(16-10)9-5-4-8(15)6-7(9)2/h4-6H,3H2,1-2H3,(H,16,17,18). The van der Waals surface area contributed by atoms with Gasteiger partial charge in [-0.3, -0.25) is 4.79 Å². The number of H-pyrrole nitrogens is 1. The smallest absolute Gasteiger partial charge is 0.265 e. The van der Waals surface area contributed by atoms with Crippen LogP contribution in [0.2, 0.25) is 0 Å². The number of aromatic nitrogens is 2. The van der Waals surface area contributed by atoms with Gasteiger partial charge in [0.2, 0.25) is 0 Å². The molecule has 0 saturated heterocycles. The molecule has 3 nitrogen and oxygen atoms in total. The summed E-state index contributed by atoms with van der Waals surface area (Å²) in [5, 5.41) is 0. The summed E-state index contributed by atoms with van der Waals surface area (Å²) in [6.07, 6.45) is 0.651. The van der Waals surface area contributed by atoms with Gasteiger partial charge in [0.15, 0.2) is 0 Å². The van der Waals surface area contributed by atoms with Gasteiger partial charge in [-0.2, -0.15) is 0 Å². The van der Waals surface area contributed by atoms with E-state index in [1.54, 1.807) is 13.0 Å². The van der Waals surface area contributed by atoms with Crippen LogP contribution in [0.3, 0.4) is 0 Å². The van der Waals surface area contributed by atoms with Crippen molar-refractivity contribution in [3.05, 3.63) is 50.1 Å². The average molecular weight is 311 g/mol. The zero-order chi connectivity index (χ0) is 13.3. The number of hydrogen-bond donors (Lipinski definition) is 1. The third-order valence-electron chi connectivity index (χ3n) is 2.71. The Hall–Kier alpha value is -1.49. The topological polar surface area (TPSA) is 45.8 Å². The SMILES string of the molecule is CCc1nc(-c2ccc(F)cc2C)[nH]c(=O)c1Br. The van der Waals surface area contributed by atoms with Crippen molar-refractivity contribution in [3.8, 4) is 11.4 Å².